The first-order chi connectivity index (χ1) is 11.7. The second-order valence-electron chi connectivity index (χ2n) is 6.56. The van der Waals surface area contributed by atoms with Crippen molar-refractivity contribution in [1.82, 2.24) is 10.2 Å². The van der Waals surface area contributed by atoms with E-state index < -0.39 is 0 Å². The van der Waals surface area contributed by atoms with Crippen molar-refractivity contribution in [2.75, 3.05) is 33.4 Å². The number of para-hydroxylation sites is 1. The minimum absolute atomic E-state index is 0.00834. The van der Waals surface area contributed by atoms with Crippen molar-refractivity contribution in [3.63, 3.8) is 0 Å². The highest BCUT2D eigenvalue weighted by Crippen LogP contribution is 2.33. The van der Waals surface area contributed by atoms with Crippen LogP contribution in [-0.4, -0.2) is 61.5 Å². The minimum Gasteiger partial charge on any atom is -0.496 e. The van der Waals surface area contributed by atoms with Gasteiger partial charge in [-0.2, -0.15) is 0 Å². The number of aliphatic hydroxyl groups is 1. The third-order valence-corrected chi connectivity index (χ3v) is 5.02. The first-order valence-corrected chi connectivity index (χ1v) is 8.56. The molecule has 2 N–H and O–H groups in total. The molecule has 1 amide bonds. The fourth-order valence-electron chi connectivity index (χ4n) is 3.75. The summed E-state index contributed by atoms with van der Waals surface area (Å²) in [7, 11) is 1.63. The van der Waals surface area contributed by atoms with Gasteiger partial charge in [0.15, 0.2) is 0 Å². The van der Waals surface area contributed by atoms with Crippen molar-refractivity contribution in [1.29, 1.82) is 0 Å². The Kier molecular flexibility index (Phi) is 5.71. The molecule has 1 unspecified atom stereocenters. The number of nitrogens with one attached hydrogen (secondary N) is 1. The maximum Gasteiger partial charge on any atom is 0.234 e. The molecule has 0 spiro atoms. The lowest BCUT2D eigenvalue weighted by Gasteiger charge is -2.37. The van der Waals surface area contributed by atoms with Gasteiger partial charge in [-0.3, -0.25) is 9.69 Å². The van der Waals surface area contributed by atoms with Crippen molar-refractivity contribution in [2.45, 2.75) is 31.5 Å². The van der Waals surface area contributed by atoms with Crippen LogP contribution in [0.25, 0.3) is 0 Å². The first kappa shape index (κ1) is 17.2. The Bertz CT molecular complexity index is 566. The van der Waals surface area contributed by atoms with Crippen LogP contribution in [0.2, 0.25) is 0 Å². The standard InChI is InChI=1S/C18H26N2O4/c1-23-16-5-3-2-4-14(16)10-19-18(22)11-20-6-7-24-17-9-13(12-21)8-15(17)20/h2-5,13,15,17,21H,6-12H2,1H3,(H,19,22)/t13-,15+,17?/m1/s1. The normalized spacial score (nSPS) is 26.8. The first-order valence-electron chi connectivity index (χ1n) is 8.56. The van der Waals surface area contributed by atoms with Gasteiger partial charge in [-0.25, -0.2) is 0 Å². The van der Waals surface area contributed by atoms with E-state index in [0.717, 1.165) is 30.7 Å². The zero-order valence-electron chi connectivity index (χ0n) is 14.1. The molecule has 1 aliphatic heterocycles. The van der Waals surface area contributed by atoms with E-state index in [1.54, 1.807) is 7.11 Å². The molecular weight excluding hydrogens is 308 g/mol. The van der Waals surface area contributed by atoms with Crippen LogP contribution < -0.4 is 10.1 Å². The summed E-state index contributed by atoms with van der Waals surface area (Å²) < 4.78 is 11.1. The lowest BCUT2D eigenvalue weighted by molar-refractivity contribution is -0.126. The number of aliphatic hydroxyl groups excluding tert-OH is 1. The van der Waals surface area contributed by atoms with Crippen molar-refractivity contribution in [3.05, 3.63) is 29.8 Å². The van der Waals surface area contributed by atoms with Crippen LogP contribution in [0, 0.1) is 5.92 Å². The molecule has 1 aliphatic carbocycles. The van der Waals surface area contributed by atoms with Gasteiger partial charge in [0, 0.05) is 31.3 Å². The summed E-state index contributed by atoms with van der Waals surface area (Å²) in [6.07, 6.45) is 1.94. The molecule has 6 nitrogen and oxygen atoms in total. The quantitative estimate of drug-likeness (QED) is 0.805. The smallest absolute Gasteiger partial charge is 0.234 e. The average Bonchev–Trinajstić information content (AvgIpc) is 3.04. The van der Waals surface area contributed by atoms with E-state index in [1.807, 2.05) is 24.3 Å². The Morgan fingerprint density at radius 3 is 3.04 bits per heavy atom. The number of hydrogen-bond donors (Lipinski definition) is 2. The van der Waals surface area contributed by atoms with Gasteiger partial charge >= 0.3 is 0 Å². The zero-order valence-corrected chi connectivity index (χ0v) is 14.1. The molecule has 1 aromatic rings. The van der Waals surface area contributed by atoms with Gasteiger partial charge in [-0.05, 0) is 24.8 Å². The molecule has 6 heteroatoms. The molecule has 1 aromatic carbocycles. The van der Waals surface area contributed by atoms with Crippen molar-refractivity contribution in [2.24, 2.45) is 5.92 Å². The van der Waals surface area contributed by atoms with Crippen LogP contribution in [0.4, 0.5) is 0 Å². The summed E-state index contributed by atoms with van der Waals surface area (Å²) in [6.45, 7) is 2.45. The predicted octanol–water partition coefficient (Wildman–Crippen LogP) is 0.783. The number of morpholine rings is 1. The number of hydrogen-bond acceptors (Lipinski definition) is 5. The molecule has 1 saturated carbocycles. The third-order valence-electron chi connectivity index (χ3n) is 5.02. The number of ether oxygens (including phenoxy) is 2. The molecule has 3 atom stereocenters. The van der Waals surface area contributed by atoms with E-state index in [2.05, 4.69) is 10.2 Å². The lowest BCUT2D eigenvalue weighted by atomic mass is 10.1. The number of amides is 1. The average molecular weight is 334 g/mol. The molecule has 3 rings (SSSR count). The van der Waals surface area contributed by atoms with E-state index in [-0.39, 0.29) is 30.6 Å². The van der Waals surface area contributed by atoms with Crippen molar-refractivity contribution in [3.8, 4) is 5.75 Å². The molecule has 1 saturated heterocycles. The highest BCUT2D eigenvalue weighted by atomic mass is 16.5. The van der Waals surface area contributed by atoms with Crippen LogP contribution >= 0.6 is 0 Å². The third kappa shape index (κ3) is 3.88. The molecule has 132 valence electrons. The summed E-state index contributed by atoms with van der Waals surface area (Å²) in [4.78, 5) is 14.5. The Morgan fingerprint density at radius 2 is 2.25 bits per heavy atom. The van der Waals surface area contributed by atoms with Gasteiger partial charge < -0.3 is 19.9 Å². The highest BCUT2D eigenvalue weighted by Gasteiger charge is 2.41. The van der Waals surface area contributed by atoms with E-state index in [4.69, 9.17) is 9.47 Å². The molecule has 24 heavy (non-hydrogen) atoms. The van der Waals surface area contributed by atoms with Gasteiger partial charge in [0.1, 0.15) is 5.75 Å². The highest BCUT2D eigenvalue weighted by molar-refractivity contribution is 5.78. The number of carbonyl (C=O) groups excluding carboxylic acids is 1. The van der Waals surface area contributed by atoms with Gasteiger partial charge in [0.25, 0.3) is 0 Å². The predicted molar refractivity (Wildman–Crippen MR) is 89.8 cm³/mol. The molecule has 0 radical (unpaired) electrons. The topological polar surface area (TPSA) is 71.0 Å². The van der Waals surface area contributed by atoms with Crippen LogP contribution in [-0.2, 0) is 16.1 Å². The largest absolute Gasteiger partial charge is 0.496 e. The van der Waals surface area contributed by atoms with Crippen LogP contribution in [0.3, 0.4) is 0 Å². The van der Waals surface area contributed by atoms with E-state index >= 15 is 0 Å². The number of rotatable bonds is 6. The molecule has 1 heterocycles. The molecule has 2 fully saturated rings. The van der Waals surface area contributed by atoms with Crippen LogP contribution in [0.5, 0.6) is 5.75 Å². The fourth-order valence-corrected chi connectivity index (χ4v) is 3.75. The van der Waals surface area contributed by atoms with E-state index in [0.29, 0.717) is 19.7 Å². The number of fused-ring (bicyclic) bond motifs is 1. The monoisotopic (exact) mass is 334 g/mol. The summed E-state index contributed by atoms with van der Waals surface area (Å²) in [5.74, 6) is 1.08. The lowest BCUT2D eigenvalue weighted by Crippen LogP contribution is -2.51. The fraction of sp³-hybridized carbons (Fsp3) is 0.611. The summed E-state index contributed by atoms with van der Waals surface area (Å²) in [5, 5.41) is 12.4. The Morgan fingerprint density at radius 1 is 1.42 bits per heavy atom. The van der Waals surface area contributed by atoms with Crippen molar-refractivity contribution >= 4 is 5.91 Å². The van der Waals surface area contributed by atoms with Gasteiger partial charge in [-0.15, -0.1) is 0 Å². The molecule has 2 aliphatic rings. The maximum absolute atomic E-state index is 12.3. The molecule has 0 bridgehead atoms. The maximum atomic E-state index is 12.3. The van der Waals surface area contributed by atoms with Gasteiger partial charge in [0.05, 0.1) is 26.4 Å². The van der Waals surface area contributed by atoms with Crippen molar-refractivity contribution < 1.29 is 19.4 Å². The summed E-state index contributed by atoms with van der Waals surface area (Å²) >= 11 is 0. The minimum atomic E-state index is 0.00834. The molecular formula is C18H26N2O4. The second kappa shape index (κ2) is 7.96. The van der Waals surface area contributed by atoms with Crippen LogP contribution in [0.1, 0.15) is 18.4 Å². The number of carbonyl (C=O) groups is 1. The SMILES string of the molecule is COc1ccccc1CNC(=O)CN1CCOC2C[C@H](CO)C[C@@H]21. The van der Waals surface area contributed by atoms with Gasteiger partial charge in [-0.1, -0.05) is 18.2 Å². The Hall–Kier alpha value is -1.63. The zero-order chi connectivity index (χ0) is 16.9. The number of nitrogens with zero attached hydrogens (tertiary/aromatic N) is 1. The Balaban J connectivity index is 1.53. The number of benzene rings is 1. The molecule has 0 aromatic heterocycles. The summed E-state index contributed by atoms with van der Waals surface area (Å²) in [6, 6.07) is 7.93. The van der Waals surface area contributed by atoms with Gasteiger partial charge in [0.2, 0.25) is 5.91 Å². The second-order valence-corrected chi connectivity index (χ2v) is 6.56. The van der Waals surface area contributed by atoms with E-state index in [9.17, 15) is 9.90 Å². The van der Waals surface area contributed by atoms with Crippen LogP contribution in [0.15, 0.2) is 24.3 Å². The van der Waals surface area contributed by atoms with E-state index in [1.165, 1.54) is 0 Å². The Labute approximate surface area is 142 Å². The summed E-state index contributed by atoms with van der Waals surface area (Å²) in [5.41, 5.74) is 0.967. The number of methoxy groups -OCH3 is 1.